The molecule has 0 atom stereocenters. The van der Waals surface area contributed by atoms with E-state index in [1.165, 1.54) is 20.4 Å². The third kappa shape index (κ3) is 6.46. The van der Waals surface area contributed by atoms with E-state index in [0.29, 0.717) is 71.1 Å². The standard InChI is InChI=1S/C32H33Cl2N5O5/c1-32(2,3)44-31(41)39-16-14-38(15-17-39)20-8-6-19(7-9-20)37-30(40)22-11-10-21(28-29(22)36-13-12-35-28)25-26(33)23(42-4)18-24(43-5)27(25)34/h6-13,18H,14-17H2,1-5H3,(H,37,40). The van der Waals surface area contributed by atoms with Gasteiger partial charge in [0.15, 0.2) is 0 Å². The second kappa shape index (κ2) is 12.8. The van der Waals surface area contributed by atoms with Crippen molar-refractivity contribution in [2.24, 2.45) is 0 Å². The molecule has 1 aromatic heterocycles. The molecule has 230 valence electrons. The third-order valence-corrected chi connectivity index (χ3v) is 7.88. The minimum atomic E-state index is -0.527. The fourth-order valence-corrected chi connectivity index (χ4v) is 5.70. The van der Waals surface area contributed by atoms with Gasteiger partial charge in [-0.25, -0.2) is 4.79 Å². The Kier molecular flexibility index (Phi) is 9.03. The summed E-state index contributed by atoms with van der Waals surface area (Å²) in [5, 5.41) is 3.53. The Morgan fingerprint density at radius 1 is 0.841 bits per heavy atom. The van der Waals surface area contributed by atoms with Crippen LogP contribution in [0.2, 0.25) is 10.0 Å². The molecule has 1 saturated heterocycles. The zero-order chi connectivity index (χ0) is 31.6. The molecule has 12 heteroatoms. The van der Waals surface area contributed by atoms with Gasteiger partial charge in [0.1, 0.15) is 22.6 Å². The molecule has 0 radical (unpaired) electrons. The first-order valence-corrected chi connectivity index (χ1v) is 14.7. The Morgan fingerprint density at radius 3 is 2.00 bits per heavy atom. The Labute approximate surface area is 265 Å². The number of rotatable bonds is 6. The van der Waals surface area contributed by atoms with Crippen molar-refractivity contribution in [2.75, 3.05) is 50.6 Å². The number of carbonyl (C=O) groups excluding carboxylic acids is 2. The molecule has 3 aromatic carbocycles. The first-order chi connectivity index (χ1) is 21.0. The normalized spacial score (nSPS) is 13.5. The largest absolute Gasteiger partial charge is 0.495 e. The molecule has 44 heavy (non-hydrogen) atoms. The molecule has 0 saturated carbocycles. The molecule has 1 N–H and O–H groups in total. The van der Waals surface area contributed by atoms with Gasteiger partial charge in [-0.2, -0.15) is 0 Å². The number of hydrogen-bond acceptors (Lipinski definition) is 8. The molecule has 5 rings (SSSR count). The molecule has 0 bridgehead atoms. The first kappa shape index (κ1) is 31.2. The van der Waals surface area contributed by atoms with Gasteiger partial charge < -0.3 is 29.3 Å². The van der Waals surface area contributed by atoms with Crippen LogP contribution >= 0.6 is 23.2 Å². The van der Waals surface area contributed by atoms with Gasteiger partial charge >= 0.3 is 6.09 Å². The predicted molar refractivity (Wildman–Crippen MR) is 173 cm³/mol. The van der Waals surface area contributed by atoms with Crippen molar-refractivity contribution in [3.05, 3.63) is 70.5 Å². The quantitative estimate of drug-likeness (QED) is 0.243. The number of fused-ring (bicyclic) bond motifs is 1. The maximum absolute atomic E-state index is 13.5. The summed E-state index contributed by atoms with van der Waals surface area (Å²) in [4.78, 5) is 38.8. The van der Waals surface area contributed by atoms with E-state index in [9.17, 15) is 9.59 Å². The van der Waals surface area contributed by atoms with E-state index >= 15 is 0 Å². The van der Waals surface area contributed by atoms with Crippen molar-refractivity contribution in [2.45, 2.75) is 26.4 Å². The number of carbonyl (C=O) groups is 2. The number of anilines is 2. The van der Waals surface area contributed by atoms with Gasteiger partial charge in [-0.1, -0.05) is 29.3 Å². The van der Waals surface area contributed by atoms with Crippen molar-refractivity contribution >= 4 is 57.6 Å². The molecular weight excluding hydrogens is 605 g/mol. The number of methoxy groups -OCH3 is 2. The highest BCUT2D eigenvalue weighted by atomic mass is 35.5. The fourth-order valence-electron chi connectivity index (χ4n) is 4.99. The highest BCUT2D eigenvalue weighted by molar-refractivity contribution is 6.41. The maximum atomic E-state index is 13.5. The lowest BCUT2D eigenvalue weighted by Crippen LogP contribution is -2.50. The van der Waals surface area contributed by atoms with Crippen molar-refractivity contribution in [3.63, 3.8) is 0 Å². The first-order valence-electron chi connectivity index (χ1n) is 14.0. The Balaban J connectivity index is 1.34. The fraction of sp³-hybridized carbons (Fsp3) is 0.312. The van der Waals surface area contributed by atoms with E-state index < -0.39 is 5.60 Å². The smallest absolute Gasteiger partial charge is 0.410 e. The lowest BCUT2D eigenvalue weighted by Gasteiger charge is -2.36. The Bertz CT molecular complexity index is 1670. The molecule has 0 unspecified atom stereocenters. The van der Waals surface area contributed by atoms with Crippen LogP contribution in [0.3, 0.4) is 0 Å². The van der Waals surface area contributed by atoms with Crippen LogP contribution < -0.4 is 19.7 Å². The molecule has 1 aliphatic rings. The van der Waals surface area contributed by atoms with E-state index in [0.717, 1.165) is 5.69 Å². The number of aromatic nitrogens is 2. The Hall–Kier alpha value is -4.28. The summed E-state index contributed by atoms with van der Waals surface area (Å²) in [6.07, 6.45) is 2.77. The van der Waals surface area contributed by atoms with Crippen LogP contribution in [-0.2, 0) is 4.74 Å². The topological polar surface area (TPSA) is 106 Å². The van der Waals surface area contributed by atoms with Crippen molar-refractivity contribution in [1.29, 1.82) is 0 Å². The van der Waals surface area contributed by atoms with E-state index in [2.05, 4.69) is 20.2 Å². The number of nitrogens with one attached hydrogen (secondary N) is 1. The summed E-state index contributed by atoms with van der Waals surface area (Å²) in [7, 11) is 3.01. The third-order valence-electron chi connectivity index (χ3n) is 7.13. The molecular formula is C32H33Cl2N5O5. The molecule has 10 nitrogen and oxygen atoms in total. The number of ether oxygens (including phenoxy) is 3. The van der Waals surface area contributed by atoms with Crippen LogP contribution in [0, 0.1) is 0 Å². The van der Waals surface area contributed by atoms with Crippen molar-refractivity contribution in [3.8, 4) is 22.6 Å². The zero-order valence-corrected chi connectivity index (χ0v) is 26.6. The predicted octanol–water partition coefficient (Wildman–Crippen LogP) is 6.93. The van der Waals surface area contributed by atoms with Gasteiger partial charge in [0.2, 0.25) is 0 Å². The number of benzene rings is 3. The lowest BCUT2D eigenvalue weighted by molar-refractivity contribution is 0.0240. The minimum Gasteiger partial charge on any atom is -0.495 e. The molecule has 2 heterocycles. The average Bonchev–Trinajstić information content (AvgIpc) is 3.01. The number of hydrogen-bond donors (Lipinski definition) is 1. The van der Waals surface area contributed by atoms with Crippen LogP contribution in [-0.4, -0.2) is 72.9 Å². The monoisotopic (exact) mass is 637 g/mol. The SMILES string of the molecule is COc1cc(OC)c(Cl)c(-c2ccc(C(=O)Nc3ccc(N4CCN(C(=O)OC(C)(C)C)CC4)cc3)c3nccnc23)c1Cl. The molecule has 2 amide bonds. The maximum Gasteiger partial charge on any atom is 0.410 e. The average molecular weight is 639 g/mol. The number of piperazine rings is 1. The number of nitrogens with zero attached hydrogens (tertiary/aromatic N) is 4. The van der Waals surface area contributed by atoms with Gasteiger partial charge in [-0.3, -0.25) is 14.8 Å². The van der Waals surface area contributed by atoms with Gasteiger partial charge in [-0.05, 0) is 51.1 Å². The van der Waals surface area contributed by atoms with Crippen LogP contribution in [0.1, 0.15) is 31.1 Å². The van der Waals surface area contributed by atoms with E-state index in [1.54, 1.807) is 29.3 Å². The molecule has 4 aromatic rings. The summed E-state index contributed by atoms with van der Waals surface area (Å²) in [6.45, 7) is 8.06. The second-order valence-corrected chi connectivity index (χ2v) is 11.9. The minimum absolute atomic E-state index is 0.286. The van der Waals surface area contributed by atoms with E-state index in [1.807, 2.05) is 45.0 Å². The highest BCUT2D eigenvalue weighted by Gasteiger charge is 2.26. The summed E-state index contributed by atoms with van der Waals surface area (Å²) >= 11 is 13.4. The summed E-state index contributed by atoms with van der Waals surface area (Å²) in [5.41, 5.74) is 3.29. The molecule has 0 spiro atoms. The second-order valence-electron chi connectivity index (χ2n) is 11.2. The summed E-state index contributed by atoms with van der Waals surface area (Å²) in [6, 6.07) is 12.6. The van der Waals surface area contributed by atoms with Crippen LogP contribution in [0.4, 0.5) is 16.2 Å². The molecule has 0 aliphatic carbocycles. The number of halogens is 2. The van der Waals surface area contributed by atoms with Gasteiger partial charge in [0, 0.05) is 67.1 Å². The van der Waals surface area contributed by atoms with Gasteiger partial charge in [-0.15, -0.1) is 0 Å². The van der Waals surface area contributed by atoms with Crippen LogP contribution in [0.15, 0.2) is 54.9 Å². The van der Waals surface area contributed by atoms with E-state index in [-0.39, 0.29) is 22.0 Å². The highest BCUT2D eigenvalue weighted by Crippen LogP contribution is 2.47. The zero-order valence-electron chi connectivity index (χ0n) is 25.1. The van der Waals surface area contributed by atoms with Crippen LogP contribution in [0.5, 0.6) is 11.5 Å². The van der Waals surface area contributed by atoms with Crippen molar-refractivity contribution in [1.82, 2.24) is 14.9 Å². The van der Waals surface area contributed by atoms with Gasteiger partial charge in [0.25, 0.3) is 5.91 Å². The summed E-state index contributed by atoms with van der Waals surface area (Å²) < 4.78 is 16.3. The molecule has 1 aliphatic heterocycles. The Morgan fingerprint density at radius 2 is 1.43 bits per heavy atom. The lowest BCUT2D eigenvalue weighted by atomic mass is 9.99. The molecule has 1 fully saturated rings. The number of amides is 2. The summed E-state index contributed by atoms with van der Waals surface area (Å²) in [5.74, 6) is 0.423. The van der Waals surface area contributed by atoms with Gasteiger partial charge in [0.05, 0.1) is 35.3 Å². The van der Waals surface area contributed by atoms with Crippen LogP contribution in [0.25, 0.3) is 22.2 Å². The van der Waals surface area contributed by atoms with E-state index in [4.69, 9.17) is 37.4 Å². The van der Waals surface area contributed by atoms with Crippen molar-refractivity contribution < 1.29 is 23.8 Å².